The van der Waals surface area contributed by atoms with Gasteiger partial charge in [-0.05, 0) is 48.9 Å². The molecule has 32 heavy (non-hydrogen) atoms. The van der Waals surface area contributed by atoms with Gasteiger partial charge in [-0.15, -0.1) is 0 Å². The zero-order valence-electron chi connectivity index (χ0n) is 18.2. The van der Waals surface area contributed by atoms with Crippen molar-refractivity contribution in [3.8, 4) is 22.6 Å². The molecule has 0 bridgehead atoms. The Morgan fingerprint density at radius 2 is 1.88 bits per heavy atom. The Morgan fingerprint density at radius 3 is 2.56 bits per heavy atom. The van der Waals surface area contributed by atoms with Crippen LogP contribution in [0.1, 0.15) is 31.2 Å². The predicted octanol–water partition coefficient (Wildman–Crippen LogP) is 3.94. The first kappa shape index (κ1) is 20.4. The van der Waals surface area contributed by atoms with Crippen molar-refractivity contribution in [2.75, 3.05) is 19.5 Å². The monoisotopic (exact) mass is 430 g/mol. The smallest absolute Gasteiger partial charge is 0.261 e. The van der Waals surface area contributed by atoms with Gasteiger partial charge in [0, 0.05) is 25.1 Å². The molecule has 0 aliphatic heterocycles. The number of ether oxygens (including phenoxy) is 1. The molecule has 3 heterocycles. The van der Waals surface area contributed by atoms with Crippen molar-refractivity contribution in [1.82, 2.24) is 24.9 Å². The highest BCUT2D eigenvalue weighted by Gasteiger charge is 2.47. The maximum Gasteiger partial charge on any atom is 0.261 e. The van der Waals surface area contributed by atoms with E-state index >= 15 is 0 Å². The minimum Gasteiger partial charge on any atom is -0.384 e. The van der Waals surface area contributed by atoms with Gasteiger partial charge in [0.15, 0.2) is 5.82 Å². The Labute approximate surface area is 186 Å². The molecule has 8 nitrogen and oxygen atoms in total. The molecule has 1 aromatic carbocycles. The van der Waals surface area contributed by atoms with E-state index in [4.69, 9.17) is 20.0 Å². The zero-order chi connectivity index (χ0) is 22.1. The van der Waals surface area contributed by atoms with E-state index in [1.165, 1.54) is 5.56 Å². The molecule has 0 spiro atoms. The normalized spacial score (nSPS) is 15.6. The molecule has 1 fully saturated rings. The second kappa shape index (κ2) is 8.20. The van der Waals surface area contributed by atoms with Crippen LogP contribution >= 0.6 is 0 Å². The maximum atomic E-state index is 5.71. The summed E-state index contributed by atoms with van der Waals surface area (Å²) in [4.78, 5) is 8.98. The van der Waals surface area contributed by atoms with Crippen molar-refractivity contribution in [3.05, 3.63) is 66.4 Å². The Kier molecular flexibility index (Phi) is 5.22. The number of nitrogens with zero attached hydrogens (tertiary/aromatic N) is 5. The summed E-state index contributed by atoms with van der Waals surface area (Å²) in [5, 5.41) is 8.74. The van der Waals surface area contributed by atoms with Crippen LogP contribution < -0.4 is 5.73 Å². The molecule has 0 saturated heterocycles. The molecule has 1 aliphatic carbocycles. The van der Waals surface area contributed by atoms with Gasteiger partial charge in [0.25, 0.3) is 5.89 Å². The topological polar surface area (TPSA) is 105 Å². The fraction of sp³-hybridized carbons (Fsp3) is 0.333. The quantitative estimate of drug-likeness (QED) is 0.451. The van der Waals surface area contributed by atoms with Crippen molar-refractivity contribution in [3.63, 3.8) is 0 Å². The van der Waals surface area contributed by atoms with Gasteiger partial charge in [-0.2, -0.15) is 10.1 Å². The third-order valence-corrected chi connectivity index (χ3v) is 6.29. The number of aromatic nitrogens is 5. The SMILES string of the molecule is COCCn1cc(-c2nc([C@@](C)(c3ccc(-c4ccc(N)nc4)cc3)C3CC3)no2)cn1. The van der Waals surface area contributed by atoms with Crippen molar-refractivity contribution < 1.29 is 9.26 Å². The van der Waals surface area contributed by atoms with Crippen molar-refractivity contribution in [2.45, 2.75) is 31.7 Å². The minimum absolute atomic E-state index is 0.314. The lowest BCUT2D eigenvalue weighted by atomic mass is 9.76. The van der Waals surface area contributed by atoms with Crippen LogP contribution in [0.25, 0.3) is 22.6 Å². The Balaban J connectivity index is 1.43. The first-order valence-corrected chi connectivity index (χ1v) is 10.8. The Morgan fingerprint density at radius 1 is 1.09 bits per heavy atom. The molecule has 2 N–H and O–H groups in total. The van der Waals surface area contributed by atoms with Gasteiger partial charge >= 0.3 is 0 Å². The average molecular weight is 431 g/mol. The largest absolute Gasteiger partial charge is 0.384 e. The van der Waals surface area contributed by atoms with Crippen molar-refractivity contribution in [1.29, 1.82) is 0 Å². The molecular weight excluding hydrogens is 404 g/mol. The molecule has 1 atom stereocenters. The van der Waals surface area contributed by atoms with Crippen LogP contribution in [-0.4, -0.2) is 38.6 Å². The number of rotatable bonds is 8. The molecule has 1 saturated carbocycles. The molecular formula is C24H26N6O2. The van der Waals surface area contributed by atoms with Gasteiger partial charge in [0.05, 0.1) is 30.3 Å². The summed E-state index contributed by atoms with van der Waals surface area (Å²) in [5.74, 6) is 2.20. The zero-order valence-corrected chi connectivity index (χ0v) is 18.2. The van der Waals surface area contributed by atoms with E-state index in [0.29, 0.717) is 36.6 Å². The number of pyridine rings is 1. The van der Waals surface area contributed by atoms with Gasteiger partial charge in [-0.3, -0.25) is 4.68 Å². The average Bonchev–Trinajstić information content (AvgIpc) is 3.37. The number of nitrogens with two attached hydrogens (primary N) is 1. The number of hydrogen-bond acceptors (Lipinski definition) is 7. The summed E-state index contributed by atoms with van der Waals surface area (Å²) in [6.45, 7) is 3.48. The van der Waals surface area contributed by atoms with E-state index in [0.717, 1.165) is 29.5 Å². The van der Waals surface area contributed by atoms with Crippen LogP contribution in [0.4, 0.5) is 5.82 Å². The van der Waals surface area contributed by atoms with E-state index in [-0.39, 0.29) is 5.41 Å². The number of benzene rings is 1. The highest BCUT2D eigenvalue weighted by Crippen LogP contribution is 2.50. The number of methoxy groups -OCH3 is 1. The van der Waals surface area contributed by atoms with Crippen LogP contribution in [0.3, 0.4) is 0 Å². The summed E-state index contributed by atoms with van der Waals surface area (Å²) in [7, 11) is 1.67. The van der Waals surface area contributed by atoms with Gasteiger partial charge in [-0.25, -0.2) is 4.98 Å². The summed E-state index contributed by atoms with van der Waals surface area (Å²) < 4.78 is 12.6. The number of anilines is 1. The summed E-state index contributed by atoms with van der Waals surface area (Å²) >= 11 is 0. The van der Waals surface area contributed by atoms with Crippen LogP contribution in [0.5, 0.6) is 0 Å². The van der Waals surface area contributed by atoms with Crippen molar-refractivity contribution >= 4 is 5.82 Å². The molecule has 1 aliphatic rings. The summed E-state index contributed by atoms with van der Waals surface area (Å²) in [6, 6.07) is 12.3. The molecule has 0 amide bonds. The lowest BCUT2D eigenvalue weighted by Crippen LogP contribution is -2.28. The third-order valence-electron chi connectivity index (χ3n) is 6.29. The van der Waals surface area contributed by atoms with Crippen LogP contribution in [0.15, 0.2) is 59.5 Å². The van der Waals surface area contributed by atoms with Gasteiger partial charge in [0.1, 0.15) is 5.82 Å². The second-order valence-corrected chi connectivity index (χ2v) is 8.43. The van der Waals surface area contributed by atoms with E-state index < -0.39 is 0 Å². The van der Waals surface area contributed by atoms with E-state index in [9.17, 15) is 0 Å². The summed E-state index contributed by atoms with van der Waals surface area (Å²) in [6.07, 6.45) is 7.75. The number of nitrogen functional groups attached to an aromatic ring is 1. The molecule has 0 radical (unpaired) electrons. The molecule has 5 rings (SSSR count). The van der Waals surface area contributed by atoms with Gasteiger partial charge in [0.2, 0.25) is 0 Å². The van der Waals surface area contributed by atoms with Crippen molar-refractivity contribution in [2.24, 2.45) is 5.92 Å². The minimum atomic E-state index is -0.314. The van der Waals surface area contributed by atoms with Crippen LogP contribution in [-0.2, 0) is 16.7 Å². The number of hydrogen-bond donors (Lipinski definition) is 1. The highest BCUT2D eigenvalue weighted by atomic mass is 16.5. The standard InChI is InChI=1S/C24H26N6O2/c1-24(20-8-9-20,19-6-3-16(4-7-19)17-5-10-21(25)26-13-17)23-28-22(32-29-23)18-14-27-30(15-18)11-12-31-2/h3-7,10,13-15,20H,8-9,11-12H2,1-2H3,(H2,25,26)/t24-/m0/s1. The van der Waals surface area contributed by atoms with Crippen LogP contribution in [0, 0.1) is 5.92 Å². The van der Waals surface area contributed by atoms with Crippen LogP contribution in [0.2, 0.25) is 0 Å². The molecule has 0 unspecified atom stereocenters. The molecule has 8 heteroatoms. The van der Waals surface area contributed by atoms with E-state index in [1.807, 2.05) is 23.0 Å². The van der Waals surface area contributed by atoms with E-state index in [1.54, 1.807) is 19.5 Å². The van der Waals surface area contributed by atoms with E-state index in [2.05, 4.69) is 46.4 Å². The first-order chi connectivity index (χ1) is 15.6. The first-order valence-electron chi connectivity index (χ1n) is 10.8. The Hall–Kier alpha value is -3.52. The second-order valence-electron chi connectivity index (χ2n) is 8.43. The summed E-state index contributed by atoms with van der Waals surface area (Å²) in [5.41, 5.74) is 9.51. The molecule has 164 valence electrons. The molecule has 3 aromatic heterocycles. The van der Waals surface area contributed by atoms with Gasteiger partial charge < -0.3 is 15.0 Å². The molecule has 4 aromatic rings. The maximum absolute atomic E-state index is 5.71. The lowest BCUT2D eigenvalue weighted by molar-refractivity contribution is 0.183. The fourth-order valence-corrected chi connectivity index (χ4v) is 4.13. The fourth-order valence-electron chi connectivity index (χ4n) is 4.13. The third kappa shape index (κ3) is 3.78. The van der Waals surface area contributed by atoms with Gasteiger partial charge in [-0.1, -0.05) is 29.4 Å². The lowest BCUT2D eigenvalue weighted by Gasteiger charge is -2.27. The Bertz CT molecular complexity index is 1190. The predicted molar refractivity (Wildman–Crippen MR) is 121 cm³/mol. The highest BCUT2D eigenvalue weighted by molar-refractivity contribution is 5.64.